The summed E-state index contributed by atoms with van der Waals surface area (Å²) in [5.41, 5.74) is 1.66. The number of imidazole rings is 1. The molecule has 1 N–H and O–H groups in total. The zero-order chi connectivity index (χ0) is 6.97. The molecule has 2 aromatic rings. The molecule has 4 heteroatoms. The number of aromatic nitrogens is 3. The van der Waals surface area contributed by atoms with Crippen molar-refractivity contribution in [2.45, 2.75) is 4.90 Å². The molecule has 0 radical (unpaired) electrons. The van der Waals surface area contributed by atoms with Crippen molar-refractivity contribution in [2.24, 2.45) is 0 Å². The van der Waals surface area contributed by atoms with Gasteiger partial charge in [0.05, 0.1) is 11.8 Å². The lowest BCUT2D eigenvalue weighted by atomic mass is 10.4. The van der Waals surface area contributed by atoms with Gasteiger partial charge in [-0.3, -0.25) is 0 Å². The molecule has 3 nitrogen and oxygen atoms in total. The average molecular weight is 151 g/mol. The van der Waals surface area contributed by atoms with E-state index in [9.17, 15) is 0 Å². The molecule has 2 heterocycles. The van der Waals surface area contributed by atoms with Crippen LogP contribution in [-0.2, 0) is 0 Å². The van der Waals surface area contributed by atoms with E-state index in [-0.39, 0.29) is 0 Å². The number of H-pyrrole nitrogens is 1. The molecule has 0 fully saturated rings. The summed E-state index contributed by atoms with van der Waals surface area (Å²) >= 11 is 4.13. The molecular formula is C6H5N3S. The van der Waals surface area contributed by atoms with Crippen LogP contribution in [0.4, 0.5) is 0 Å². The zero-order valence-corrected chi connectivity index (χ0v) is 5.97. The second kappa shape index (κ2) is 1.98. The number of pyridine rings is 1. The number of hydrogen-bond donors (Lipinski definition) is 2. The highest BCUT2D eigenvalue weighted by atomic mass is 32.1. The minimum atomic E-state index is 0.734. The lowest BCUT2D eigenvalue weighted by Gasteiger charge is -1.87. The highest BCUT2D eigenvalue weighted by Crippen LogP contribution is 2.10. The second-order valence-corrected chi connectivity index (χ2v) is 2.48. The maximum absolute atomic E-state index is 4.13. The minimum absolute atomic E-state index is 0.734. The molecule has 50 valence electrons. The van der Waals surface area contributed by atoms with Crippen LogP contribution in [0.5, 0.6) is 0 Å². The van der Waals surface area contributed by atoms with Gasteiger partial charge >= 0.3 is 0 Å². The Balaban J connectivity index is 2.86. The van der Waals surface area contributed by atoms with E-state index < -0.39 is 0 Å². The number of rotatable bonds is 0. The monoisotopic (exact) mass is 151 g/mol. The summed E-state index contributed by atoms with van der Waals surface area (Å²) in [6.45, 7) is 0. The average Bonchev–Trinajstić information content (AvgIpc) is 2.33. The van der Waals surface area contributed by atoms with Crippen molar-refractivity contribution < 1.29 is 0 Å². The molecule has 0 amide bonds. The Bertz CT molecular complexity index is 355. The van der Waals surface area contributed by atoms with E-state index in [1.54, 1.807) is 12.5 Å². The van der Waals surface area contributed by atoms with E-state index in [4.69, 9.17) is 0 Å². The molecule has 0 atom stereocenters. The van der Waals surface area contributed by atoms with Crippen LogP contribution in [0.2, 0.25) is 0 Å². The molecule has 0 unspecified atom stereocenters. The molecule has 0 saturated heterocycles. The first-order valence-electron chi connectivity index (χ1n) is 2.84. The Labute approximate surface area is 62.9 Å². The zero-order valence-electron chi connectivity index (χ0n) is 5.07. The van der Waals surface area contributed by atoms with Crippen LogP contribution in [0.25, 0.3) is 11.2 Å². The van der Waals surface area contributed by atoms with Gasteiger partial charge in [-0.15, -0.1) is 12.6 Å². The quantitative estimate of drug-likeness (QED) is 0.556. The van der Waals surface area contributed by atoms with Crippen molar-refractivity contribution in [2.75, 3.05) is 0 Å². The van der Waals surface area contributed by atoms with E-state index in [1.165, 1.54) is 0 Å². The van der Waals surface area contributed by atoms with Crippen LogP contribution in [0.3, 0.4) is 0 Å². The molecule has 0 aliphatic rings. The fourth-order valence-corrected chi connectivity index (χ4v) is 1.01. The molecule has 2 rings (SSSR count). The second-order valence-electron chi connectivity index (χ2n) is 1.97. The first kappa shape index (κ1) is 5.73. The summed E-state index contributed by atoms with van der Waals surface area (Å²) in [6.07, 6.45) is 3.29. The van der Waals surface area contributed by atoms with Gasteiger partial charge in [0.15, 0.2) is 5.65 Å². The predicted octanol–water partition coefficient (Wildman–Crippen LogP) is 1.25. The topological polar surface area (TPSA) is 41.6 Å². The molecule has 10 heavy (non-hydrogen) atoms. The largest absolute Gasteiger partial charge is 0.343 e. The smallest absolute Gasteiger partial charge is 0.177 e. The van der Waals surface area contributed by atoms with Crippen LogP contribution in [0.15, 0.2) is 23.5 Å². The Kier molecular flexibility index (Phi) is 1.14. The van der Waals surface area contributed by atoms with Crippen molar-refractivity contribution in [3.05, 3.63) is 18.6 Å². The lowest BCUT2D eigenvalue weighted by molar-refractivity contribution is 1.27. The van der Waals surface area contributed by atoms with E-state index in [1.807, 2.05) is 6.07 Å². The van der Waals surface area contributed by atoms with Gasteiger partial charge < -0.3 is 4.98 Å². The van der Waals surface area contributed by atoms with Crippen LogP contribution >= 0.6 is 12.6 Å². The molecule has 0 spiro atoms. The maximum Gasteiger partial charge on any atom is 0.177 e. The number of nitrogens with zero attached hydrogens (tertiary/aromatic N) is 2. The highest BCUT2D eigenvalue weighted by Gasteiger charge is 1.94. The van der Waals surface area contributed by atoms with Gasteiger partial charge in [0.1, 0.15) is 0 Å². The fraction of sp³-hybridized carbons (Fsp3) is 0. The van der Waals surface area contributed by atoms with Crippen molar-refractivity contribution >= 4 is 23.8 Å². The summed E-state index contributed by atoms with van der Waals surface area (Å²) < 4.78 is 0. The predicted molar refractivity (Wildman–Crippen MR) is 41.1 cm³/mol. The Morgan fingerprint density at radius 1 is 1.40 bits per heavy atom. The van der Waals surface area contributed by atoms with Gasteiger partial charge in [-0.2, -0.15) is 0 Å². The van der Waals surface area contributed by atoms with E-state index in [0.29, 0.717) is 0 Å². The molecule has 0 aromatic carbocycles. The normalized spacial score (nSPS) is 10.5. The molecule has 2 aromatic heterocycles. The van der Waals surface area contributed by atoms with Crippen LogP contribution in [-0.4, -0.2) is 15.0 Å². The fourth-order valence-electron chi connectivity index (χ4n) is 0.819. The third-order valence-electron chi connectivity index (χ3n) is 1.26. The molecule has 0 aliphatic carbocycles. The third-order valence-corrected chi connectivity index (χ3v) is 1.50. The van der Waals surface area contributed by atoms with E-state index in [2.05, 4.69) is 27.6 Å². The first-order chi connectivity index (χ1) is 4.86. The summed E-state index contributed by atoms with van der Waals surface area (Å²) in [6, 6.07) is 1.89. The summed E-state index contributed by atoms with van der Waals surface area (Å²) in [5, 5.41) is 0. The van der Waals surface area contributed by atoms with E-state index in [0.717, 1.165) is 16.1 Å². The number of fused-ring (bicyclic) bond motifs is 1. The van der Waals surface area contributed by atoms with Gasteiger partial charge in [0.2, 0.25) is 0 Å². The molecule has 0 bridgehead atoms. The number of aromatic amines is 1. The van der Waals surface area contributed by atoms with Crippen molar-refractivity contribution in [3.8, 4) is 0 Å². The Morgan fingerprint density at radius 3 is 3.20 bits per heavy atom. The van der Waals surface area contributed by atoms with Crippen molar-refractivity contribution in [3.63, 3.8) is 0 Å². The highest BCUT2D eigenvalue weighted by molar-refractivity contribution is 7.80. The van der Waals surface area contributed by atoms with Crippen LogP contribution < -0.4 is 0 Å². The SMILES string of the molecule is Sc1cnc2nc[nH]c2c1. The summed E-state index contributed by atoms with van der Waals surface area (Å²) in [5.74, 6) is 0. The van der Waals surface area contributed by atoms with Crippen LogP contribution in [0, 0.1) is 0 Å². The van der Waals surface area contributed by atoms with Crippen molar-refractivity contribution in [1.82, 2.24) is 15.0 Å². The maximum atomic E-state index is 4.13. The number of hydrogen-bond acceptors (Lipinski definition) is 3. The third kappa shape index (κ3) is 0.769. The number of thiol groups is 1. The van der Waals surface area contributed by atoms with E-state index >= 15 is 0 Å². The van der Waals surface area contributed by atoms with Gasteiger partial charge in [-0.1, -0.05) is 0 Å². The van der Waals surface area contributed by atoms with Gasteiger partial charge in [-0.25, -0.2) is 9.97 Å². The molecule has 0 aliphatic heterocycles. The summed E-state index contributed by atoms with van der Waals surface area (Å²) in [4.78, 5) is 11.8. The summed E-state index contributed by atoms with van der Waals surface area (Å²) in [7, 11) is 0. The first-order valence-corrected chi connectivity index (χ1v) is 3.29. The Morgan fingerprint density at radius 2 is 2.30 bits per heavy atom. The van der Waals surface area contributed by atoms with Gasteiger partial charge in [-0.05, 0) is 6.07 Å². The number of nitrogens with one attached hydrogen (secondary N) is 1. The molecular weight excluding hydrogens is 146 g/mol. The minimum Gasteiger partial charge on any atom is -0.343 e. The van der Waals surface area contributed by atoms with Crippen molar-refractivity contribution in [1.29, 1.82) is 0 Å². The standard InChI is InChI=1S/C6H5N3S/c10-4-1-5-6(7-2-4)9-3-8-5/h1-3,10H,(H,7,8,9). The molecule has 0 saturated carbocycles. The van der Waals surface area contributed by atoms with Gasteiger partial charge in [0, 0.05) is 11.1 Å². The van der Waals surface area contributed by atoms with Crippen LogP contribution in [0.1, 0.15) is 0 Å². The Hall–Kier alpha value is -1.03. The van der Waals surface area contributed by atoms with Gasteiger partial charge in [0.25, 0.3) is 0 Å². The lowest BCUT2D eigenvalue weighted by Crippen LogP contribution is -1.75.